The van der Waals surface area contributed by atoms with Crippen molar-refractivity contribution in [3.8, 4) is 0 Å². The molecule has 0 saturated heterocycles. The molecule has 0 bridgehead atoms. The molecule has 0 heterocycles. The highest BCUT2D eigenvalue weighted by atomic mass is 79.9. The number of anilines is 1. The zero-order valence-electron chi connectivity index (χ0n) is 13.6. The first kappa shape index (κ1) is 18.9. The molecule has 25 heavy (non-hydrogen) atoms. The topological polar surface area (TPSA) is 78.8 Å². The van der Waals surface area contributed by atoms with E-state index < -0.39 is 0 Å². The van der Waals surface area contributed by atoms with Gasteiger partial charge in [0.2, 0.25) is 5.91 Å². The summed E-state index contributed by atoms with van der Waals surface area (Å²) in [4.78, 5) is 24.0. The molecular formula is C19H19BrN2O3. The van der Waals surface area contributed by atoms with Gasteiger partial charge in [-0.1, -0.05) is 51.4 Å². The van der Waals surface area contributed by atoms with Crippen LogP contribution in [-0.2, 0) is 4.79 Å². The van der Waals surface area contributed by atoms with Gasteiger partial charge < -0.3 is 10.5 Å². The molecule has 0 aliphatic heterocycles. The van der Waals surface area contributed by atoms with Crippen molar-refractivity contribution in [3.05, 3.63) is 64.6 Å². The molecule has 0 fully saturated rings. The summed E-state index contributed by atoms with van der Waals surface area (Å²) in [7, 11) is 0. The Bertz CT molecular complexity index is 743. The molecule has 0 unspecified atom stereocenters. The van der Waals surface area contributed by atoms with E-state index >= 15 is 0 Å². The predicted molar refractivity (Wildman–Crippen MR) is 101 cm³/mol. The zero-order valence-corrected chi connectivity index (χ0v) is 15.2. The van der Waals surface area contributed by atoms with Crippen molar-refractivity contribution in [2.45, 2.75) is 25.7 Å². The maximum Gasteiger partial charge on any atom is 0.224 e. The van der Waals surface area contributed by atoms with Crippen molar-refractivity contribution in [2.24, 2.45) is 5.16 Å². The summed E-state index contributed by atoms with van der Waals surface area (Å²) in [5, 5.41) is 15.1. The molecule has 0 radical (unpaired) electrons. The van der Waals surface area contributed by atoms with Gasteiger partial charge in [0.15, 0.2) is 5.78 Å². The van der Waals surface area contributed by atoms with Crippen molar-refractivity contribution in [1.29, 1.82) is 0 Å². The Morgan fingerprint density at radius 1 is 1.00 bits per heavy atom. The lowest BCUT2D eigenvalue weighted by molar-refractivity contribution is -0.116. The van der Waals surface area contributed by atoms with E-state index in [1.54, 1.807) is 24.3 Å². The van der Waals surface area contributed by atoms with E-state index in [0.29, 0.717) is 30.5 Å². The van der Waals surface area contributed by atoms with Crippen LogP contribution in [0.5, 0.6) is 0 Å². The first-order chi connectivity index (χ1) is 12.1. The molecule has 2 rings (SSSR count). The molecule has 5 nitrogen and oxygen atoms in total. The van der Waals surface area contributed by atoms with Gasteiger partial charge in [-0.05, 0) is 37.1 Å². The highest BCUT2D eigenvalue weighted by Crippen LogP contribution is 2.13. The third kappa shape index (κ3) is 6.51. The summed E-state index contributed by atoms with van der Waals surface area (Å²) in [5.41, 5.74) is 1.68. The van der Waals surface area contributed by atoms with Gasteiger partial charge in [0.1, 0.15) is 0 Å². The summed E-state index contributed by atoms with van der Waals surface area (Å²) < 4.78 is 0.893. The van der Waals surface area contributed by atoms with Gasteiger partial charge in [0, 0.05) is 22.1 Å². The van der Waals surface area contributed by atoms with Crippen LogP contribution < -0.4 is 5.32 Å². The van der Waals surface area contributed by atoms with E-state index in [1.807, 2.05) is 30.3 Å². The number of carbonyl (C=O) groups excluding carboxylic acids is 2. The zero-order chi connectivity index (χ0) is 18.1. The second-order valence-corrected chi connectivity index (χ2v) is 6.46. The van der Waals surface area contributed by atoms with Crippen LogP contribution in [-0.4, -0.2) is 22.6 Å². The second kappa shape index (κ2) is 9.74. The van der Waals surface area contributed by atoms with Crippen LogP contribution in [0.25, 0.3) is 0 Å². The van der Waals surface area contributed by atoms with Gasteiger partial charge in [0.05, 0.1) is 12.1 Å². The number of nitrogens with zero attached hydrogens (tertiary/aromatic N) is 1. The minimum absolute atomic E-state index is 0.0401. The molecule has 2 aromatic carbocycles. The molecule has 0 aliphatic carbocycles. The van der Waals surface area contributed by atoms with Gasteiger partial charge in [-0.15, -0.1) is 0 Å². The van der Waals surface area contributed by atoms with Crippen molar-refractivity contribution in [1.82, 2.24) is 0 Å². The summed E-state index contributed by atoms with van der Waals surface area (Å²) in [5.74, 6) is -0.225. The number of benzene rings is 2. The minimum atomic E-state index is -0.117. The Morgan fingerprint density at radius 2 is 1.68 bits per heavy atom. The number of halogens is 1. The fourth-order valence-corrected chi connectivity index (χ4v) is 2.56. The van der Waals surface area contributed by atoms with Crippen molar-refractivity contribution >= 4 is 39.0 Å². The molecule has 0 aromatic heterocycles. The lowest BCUT2D eigenvalue weighted by Crippen LogP contribution is -2.13. The van der Waals surface area contributed by atoms with E-state index in [-0.39, 0.29) is 18.1 Å². The van der Waals surface area contributed by atoms with Crippen LogP contribution in [0.4, 0.5) is 5.69 Å². The monoisotopic (exact) mass is 402 g/mol. The van der Waals surface area contributed by atoms with Gasteiger partial charge in [-0.25, -0.2) is 0 Å². The normalized spacial score (nSPS) is 11.2. The molecule has 0 saturated carbocycles. The maximum absolute atomic E-state index is 12.2. The molecule has 130 valence electrons. The van der Waals surface area contributed by atoms with Crippen LogP contribution in [0, 0.1) is 0 Å². The Hall–Kier alpha value is -2.47. The minimum Gasteiger partial charge on any atom is -0.411 e. The molecule has 6 heteroatoms. The van der Waals surface area contributed by atoms with Gasteiger partial charge in [-0.2, -0.15) is 0 Å². The average Bonchev–Trinajstić information content (AvgIpc) is 2.62. The SMILES string of the molecule is O=C(CCC/C(CC(=O)c1ccc(Br)cc1)=N/O)Nc1ccccc1. The Morgan fingerprint density at radius 3 is 2.32 bits per heavy atom. The van der Waals surface area contributed by atoms with Crippen LogP contribution in [0.3, 0.4) is 0 Å². The van der Waals surface area contributed by atoms with Crippen LogP contribution in [0.15, 0.2) is 64.2 Å². The molecule has 2 aromatic rings. The van der Waals surface area contributed by atoms with E-state index in [4.69, 9.17) is 5.21 Å². The van der Waals surface area contributed by atoms with E-state index in [0.717, 1.165) is 10.2 Å². The van der Waals surface area contributed by atoms with Gasteiger partial charge >= 0.3 is 0 Å². The number of rotatable bonds is 8. The van der Waals surface area contributed by atoms with Gasteiger partial charge in [-0.3, -0.25) is 9.59 Å². The Labute approximate surface area is 154 Å². The summed E-state index contributed by atoms with van der Waals surface area (Å²) in [6.45, 7) is 0. The lowest BCUT2D eigenvalue weighted by atomic mass is 10.0. The maximum atomic E-state index is 12.2. The van der Waals surface area contributed by atoms with Crippen molar-refractivity contribution < 1.29 is 14.8 Å². The Kier molecular flexibility index (Phi) is 7.35. The summed E-state index contributed by atoms with van der Waals surface area (Å²) >= 11 is 3.32. The van der Waals surface area contributed by atoms with Crippen LogP contribution >= 0.6 is 15.9 Å². The number of carbonyl (C=O) groups is 2. The Balaban J connectivity index is 1.77. The number of hydrogen-bond acceptors (Lipinski definition) is 4. The van der Waals surface area contributed by atoms with Gasteiger partial charge in [0.25, 0.3) is 0 Å². The first-order valence-electron chi connectivity index (χ1n) is 7.92. The summed E-state index contributed by atoms with van der Waals surface area (Å²) in [6.07, 6.45) is 1.23. The van der Waals surface area contributed by atoms with E-state index in [9.17, 15) is 9.59 Å². The molecule has 0 atom stereocenters. The molecule has 1 amide bonds. The quantitative estimate of drug-likeness (QED) is 0.291. The molecule has 2 N–H and O–H groups in total. The smallest absolute Gasteiger partial charge is 0.224 e. The highest BCUT2D eigenvalue weighted by Gasteiger charge is 2.12. The third-order valence-electron chi connectivity index (χ3n) is 3.60. The highest BCUT2D eigenvalue weighted by molar-refractivity contribution is 9.10. The molecule has 0 aliphatic rings. The van der Waals surface area contributed by atoms with E-state index in [2.05, 4.69) is 26.4 Å². The van der Waals surface area contributed by atoms with Crippen LogP contribution in [0.2, 0.25) is 0 Å². The number of Topliss-reactive ketones (excluding diaryl/α,β-unsaturated/α-hetero) is 1. The van der Waals surface area contributed by atoms with Crippen LogP contribution in [0.1, 0.15) is 36.0 Å². The third-order valence-corrected chi connectivity index (χ3v) is 4.13. The average molecular weight is 403 g/mol. The van der Waals surface area contributed by atoms with Crippen molar-refractivity contribution in [3.63, 3.8) is 0 Å². The molecule has 0 spiro atoms. The fourth-order valence-electron chi connectivity index (χ4n) is 2.29. The number of para-hydroxylation sites is 1. The number of hydrogen-bond donors (Lipinski definition) is 2. The van der Waals surface area contributed by atoms with Crippen molar-refractivity contribution in [2.75, 3.05) is 5.32 Å². The molecular weight excluding hydrogens is 384 g/mol. The predicted octanol–water partition coefficient (Wildman–Crippen LogP) is 4.66. The first-order valence-corrected chi connectivity index (χ1v) is 8.71. The number of oxime groups is 1. The summed E-state index contributed by atoms with van der Waals surface area (Å²) in [6, 6.07) is 16.2. The largest absolute Gasteiger partial charge is 0.411 e. The fraction of sp³-hybridized carbons (Fsp3) is 0.211. The second-order valence-electron chi connectivity index (χ2n) is 5.54. The lowest BCUT2D eigenvalue weighted by Gasteiger charge is -2.06. The number of amides is 1. The standard InChI is InChI=1S/C19H19BrN2O3/c20-15-11-9-14(10-12-15)18(23)13-17(22-25)7-4-8-19(24)21-16-5-2-1-3-6-16/h1-3,5-6,9-12,25H,4,7-8,13H2,(H,21,24)/b22-17-. The number of nitrogens with one attached hydrogen (secondary N) is 1. The van der Waals surface area contributed by atoms with E-state index in [1.165, 1.54) is 0 Å². The number of ketones is 1.